The van der Waals surface area contributed by atoms with E-state index in [9.17, 15) is 9.59 Å². The standard InChI is InChI=1S/C13H19NO6/c1-14(7-8-19-11-9-20-11)6-4-5-10(12(15)17-2)13(16)18-3/h4-6,11H,7-9H2,1-3H3/b6-4+. The second-order valence-electron chi connectivity index (χ2n) is 4.02. The number of hydrogen-bond acceptors (Lipinski definition) is 7. The van der Waals surface area contributed by atoms with Gasteiger partial charge in [-0.3, -0.25) is 0 Å². The second kappa shape index (κ2) is 8.34. The Balaban J connectivity index is 2.44. The fraction of sp³-hybridized carbons (Fsp3) is 0.538. The molecule has 0 saturated carbocycles. The lowest BCUT2D eigenvalue weighted by molar-refractivity contribution is -0.144. The Kier molecular flexibility index (Phi) is 6.75. The van der Waals surface area contributed by atoms with Crippen molar-refractivity contribution < 1.29 is 28.5 Å². The predicted octanol–water partition coefficient (Wildman–Crippen LogP) is 0.0772. The summed E-state index contributed by atoms with van der Waals surface area (Å²) < 4.78 is 19.2. The third-order valence-corrected chi connectivity index (χ3v) is 2.46. The third kappa shape index (κ3) is 5.85. The van der Waals surface area contributed by atoms with Crippen molar-refractivity contribution in [2.75, 3.05) is 41.0 Å². The molecule has 0 amide bonds. The first-order chi connectivity index (χ1) is 9.58. The Morgan fingerprint density at radius 1 is 1.30 bits per heavy atom. The Bertz CT molecular complexity index is 382. The lowest BCUT2D eigenvalue weighted by atomic mass is 10.2. The highest BCUT2D eigenvalue weighted by molar-refractivity contribution is 6.14. The van der Waals surface area contributed by atoms with Gasteiger partial charge < -0.3 is 23.8 Å². The zero-order valence-electron chi connectivity index (χ0n) is 11.8. The average molecular weight is 285 g/mol. The monoisotopic (exact) mass is 285 g/mol. The first-order valence-electron chi connectivity index (χ1n) is 6.07. The van der Waals surface area contributed by atoms with E-state index in [1.165, 1.54) is 20.3 Å². The molecule has 0 radical (unpaired) electrons. The van der Waals surface area contributed by atoms with Gasteiger partial charge in [0.25, 0.3) is 0 Å². The van der Waals surface area contributed by atoms with Gasteiger partial charge in [-0.05, 0) is 18.4 Å². The quantitative estimate of drug-likeness (QED) is 0.156. The van der Waals surface area contributed by atoms with E-state index in [0.717, 1.165) is 0 Å². The first-order valence-corrected chi connectivity index (χ1v) is 6.07. The molecule has 1 aliphatic rings. The van der Waals surface area contributed by atoms with E-state index in [0.29, 0.717) is 19.8 Å². The molecule has 1 atom stereocenters. The number of rotatable bonds is 8. The molecule has 7 nitrogen and oxygen atoms in total. The van der Waals surface area contributed by atoms with Gasteiger partial charge in [0, 0.05) is 13.6 Å². The van der Waals surface area contributed by atoms with Crippen LogP contribution < -0.4 is 0 Å². The second-order valence-corrected chi connectivity index (χ2v) is 4.02. The Morgan fingerprint density at radius 2 is 1.90 bits per heavy atom. The molecule has 112 valence electrons. The minimum atomic E-state index is -0.738. The molecule has 0 aliphatic carbocycles. The number of hydrogen-bond donors (Lipinski definition) is 0. The van der Waals surface area contributed by atoms with Crippen molar-refractivity contribution in [1.29, 1.82) is 0 Å². The number of allylic oxidation sites excluding steroid dienone is 2. The van der Waals surface area contributed by atoms with Crippen LogP contribution in [0.15, 0.2) is 23.9 Å². The normalized spacial score (nSPS) is 16.6. The molecule has 0 aromatic carbocycles. The van der Waals surface area contributed by atoms with Crippen LogP contribution in [0, 0.1) is 0 Å². The summed E-state index contributed by atoms with van der Waals surface area (Å²) in [6.45, 7) is 1.86. The molecular formula is C13H19NO6. The lowest BCUT2D eigenvalue weighted by Gasteiger charge is -2.12. The van der Waals surface area contributed by atoms with E-state index in [1.54, 1.807) is 12.3 Å². The van der Waals surface area contributed by atoms with Crippen molar-refractivity contribution in [1.82, 2.24) is 4.90 Å². The molecule has 1 heterocycles. The highest BCUT2D eigenvalue weighted by Gasteiger charge is 2.22. The number of methoxy groups -OCH3 is 2. The molecule has 0 N–H and O–H groups in total. The summed E-state index contributed by atoms with van der Waals surface area (Å²) in [7, 11) is 4.25. The third-order valence-electron chi connectivity index (χ3n) is 2.46. The number of ether oxygens (including phenoxy) is 4. The Hall–Kier alpha value is -1.86. The van der Waals surface area contributed by atoms with Gasteiger partial charge in [0.1, 0.15) is 12.2 Å². The SMILES string of the molecule is COC(=O)C(=C/C=C/N(C)CCOC1CO1)C(=O)OC. The van der Waals surface area contributed by atoms with Crippen molar-refractivity contribution in [2.45, 2.75) is 6.29 Å². The number of carbonyl (C=O) groups is 2. The lowest BCUT2D eigenvalue weighted by Crippen LogP contribution is -2.18. The van der Waals surface area contributed by atoms with Gasteiger partial charge >= 0.3 is 11.9 Å². The van der Waals surface area contributed by atoms with Crippen molar-refractivity contribution in [3.63, 3.8) is 0 Å². The van der Waals surface area contributed by atoms with E-state index in [1.807, 2.05) is 11.9 Å². The van der Waals surface area contributed by atoms with Crippen LogP contribution >= 0.6 is 0 Å². The zero-order chi connectivity index (χ0) is 15.0. The highest BCUT2D eigenvalue weighted by Crippen LogP contribution is 2.09. The van der Waals surface area contributed by atoms with Gasteiger partial charge in [0.05, 0.1) is 20.8 Å². The maximum absolute atomic E-state index is 11.4. The number of carbonyl (C=O) groups excluding carboxylic acids is 2. The largest absolute Gasteiger partial charge is 0.465 e. The van der Waals surface area contributed by atoms with Gasteiger partial charge in [-0.25, -0.2) is 9.59 Å². The van der Waals surface area contributed by atoms with Gasteiger partial charge in [-0.15, -0.1) is 0 Å². The van der Waals surface area contributed by atoms with Crippen LogP contribution in [0.25, 0.3) is 0 Å². The molecule has 1 rings (SSSR count). The Morgan fingerprint density at radius 3 is 2.40 bits per heavy atom. The highest BCUT2D eigenvalue weighted by atomic mass is 16.8. The molecule has 20 heavy (non-hydrogen) atoms. The summed E-state index contributed by atoms with van der Waals surface area (Å²) in [5.74, 6) is -1.48. The van der Waals surface area contributed by atoms with Gasteiger partial charge in [0.2, 0.25) is 0 Å². The molecule has 0 spiro atoms. The van der Waals surface area contributed by atoms with Crippen LogP contribution in [0.3, 0.4) is 0 Å². The van der Waals surface area contributed by atoms with Crippen LogP contribution in [0.1, 0.15) is 0 Å². The summed E-state index contributed by atoms with van der Waals surface area (Å²) in [5.41, 5.74) is -0.165. The molecule has 0 bridgehead atoms. The molecule has 7 heteroatoms. The van der Waals surface area contributed by atoms with E-state index in [-0.39, 0.29) is 11.9 Å². The maximum atomic E-state index is 11.4. The smallest absolute Gasteiger partial charge is 0.345 e. The predicted molar refractivity (Wildman–Crippen MR) is 69.6 cm³/mol. The van der Waals surface area contributed by atoms with E-state index in [4.69, 9.17) is 9.47 Å². The molecule has 0 aromatic rings. The molecule has 1 saturated heterocycles. The van der Waals surface area contributed by atoms with Crippen LogP contribution in [0.5, 0.6) is 0 Å². The van der Waals surface area contributed by atoms with E-state index in [2.05, 4.69) is 9.47 Å². The number of nitrogens with zero attached hydrogens (tertiary/aromatic N) is 1. The van der Waals surface area contributed by atoms with Crippen LogP contribution in [-0.2, 0) is 28.5 Å². The van der Waals surface area contributed by atoms with Gasteiger partial charge in [-0.1, -0.05) is 0 Å². The fourth-order valence-electron chi connectivity index (χ4n) is 1.26. The van der Waals surface area contributed by atoms with Crippen molar-refractivity contribution >= 4 is 11.9 Å². The molecule has 1 aliphatic heterocycles. The molecular weight excluding hydrogens is 266 g/mol. The van der Waals surface area contributed by atoms with E-state index >= 15 is 0 Å². The topological polar surface area (TPSA) is 77.6 Å². The fourth-order valence-corrected chi connectivity index (χ4v) is 1.26. The zero-order valence-corrected chi connectivity index (χ0v) is 11.8. The summed E-state index contributed by atoms with van der Waals surface area (Å²) in [6.07, 6.45) is 4.57. The molecule has 1 fully saturated rings. The van der Waals surface area contributed by atoms with Crippen molar-refractivity contribution in [2.24, 2.45) is 0 Å². The number of likely N-dealkylation sites (N-methyl/N-ethyl adjacent to an activating group) is 1. The maximum Gasteiger partial charge on any atom is 0.345 e. The minimum absolute atomic E-state index is 0.0578. The van der Waals surface area contributed by atoms with Crippen LogP contribution in [0.2, 0.25) is 0 Å². The molecule has 1 unspecified atom stereocenters. The van der Waals surface area contributed by atoms with Crippen LogP contribution in [0.4, 0.5) is 0 Å². The summed E-state index contributed by atoms with van der Waals surface area (Å²) >= 11 is 0. The van der Waals surface area contributed by atoms with Gasteiger partial charge in [0.15, 0.2) is 6.29 Å². The van der Waals surface area contributed by atoms with Crippen molar-refractivity contribution in [3.8, 4) is 0 Å². The van der Waals surface area contributed by atoms with Crippen molar-refractivity contribution in [3.05, 3.63) is 23.9 Å². The summed E-state index contributed by atoms with van der Waals surface area (Å²) in [6, 6.07) is 0. The Labute approximate surface area is 117 Å². The van der Waals surface area contributed by atoms with E-state index < -0.39 is 11.9 Å². The average Bonchev–Trinajstić information content (AvgIpc) is 3.26. The first kappa shape index (κ1) is 16.2. The van der Waals surface area contributed by atoms with Gasteiger partial charge in [-0.2, -0.15) is 0 Å². The minimum Gasteiger partial charge on any atom is -0.465 e. The summed E-state index contributed by atoms with van der Waals surface area (Å²) in [4.78, 5) is 24.6. The number of epoxide rings is 1. The summed E-state index contributed by atoms with van der Waals surface area (Å²) in [5, 5.41) is 0. The number of esters is 2. The van der Waals surface area contributed by atoms with Crippen LogP contribution in [-0.4, -0.2) is 64.2 Å². The molecule has 0 aromatic heterocycles.